The van der Waals surface area contributed by atoms with Crippen molar-refractivity contribution < 1.29 is 31.9 Å². The summed E-state index contributed by atoms with van der Waals surface area (Å²) in [4.78, 5) is 24.0. The maximum atomic E-state index is 12.8. The first kappa shape index (κ1) is 21.2. The molecule has 0 aliphatic rings. The summed E-state index contributed by atoms with van der Waals surface area (Å²) in [5.74, 6) is -1.27. The van der Waals surface area contributed by atoms with Crippen LogP contribution >= 0.6 is 0 Å². The zero-order valence-corrected chi connectivity index (χ0v) is 14.7. The maximum Gasteiger partial charge on any atom is 0.405 e. The lowest BCUT2D eigenvalue weighted by Crippen LogP contribution is -2.34. The van der Waals surface area contributed by atoms with Gasteiger partial charge in [0.05, 0.1) is 17.9 Å². The fourth-order valence-electron chi connectivity index (χ4n) is 2.23. The van der Waals surface area contributed by atoms with E-state index in [1.165, 1.54) is 42.5 Å². The number of carbonyl (C=O) groups is 2. The third-order valence-corrected chi connectivity index (χ3v) is 3.53. The van der Waals surface area contributed by atoms with E-state index in [9.17, 15) is 27.2 Å². The van der Waals surface area contributed by atoms with Gasteiger partial charge in [-0.2, -0.15) is 13.2 Å². The summed E-state index contributed by atoms with van der Waals surface area (Å²) >= 11 is 0. The molecule has 0 heterocycles. The Bertz CT molecular complexity index is 808. The standard InChI is InChI=1S/C19H18F4N2O3/c20-13-7-9-14(10-8-13)28-11-3-6-17(26)25-16-5-2-1-4-15(16)18(27)24-12-19(21,22)23/h1-2,4-5,7-10H,3,6,11-12H2,(H,24,27)(H,25,26). The SMILES string of the molecule is O=C(CCCOc1ccc(F)cc1)Nc1ccccc1C(=O)NCC(F)(F)F. The average molecular weight is 398 g/mol. The van der Waals surface area contributed by atoms with Crippen LogP contribution in [0.5, 0.6) is 5.75 Å². The molecule has 0 saturated carbocycles. The molecule has 2 N–H and O–H groups in total. The highest BCUT2D eigenvalue weighted by atomic mass is 19.4. The van der Waals surface area contributed by atoms with Crippen molar-refractivity contribution in [1.82, 2.24) is 5.32 Å². The van der Waals surface area contributed by atoms with Crippen LogP contribution in [0.1, 0.15) is 23.2 Å². The van der Waals surface area contributed by atoms with Gasteiger partial charge in [0, 0.05) is 6.42 Å². The second kappa shape index (κ2) is 9.72. The second-order valence-corrected chi connectivity index (χ2v) is 5.80. The van der Waals surface area contributed by atoms with Crippen LogP contribution in [0.3, 0.4) is 0 Å². The van der Waals surface area contributed by atoms with Gasteiger partial charge in [-0.1, -0.05) is 12.1 Å². The van der Waals surface area contributed by atoms with E-state index in [-0.39, 0.29) is 30.1 Å². The fourth-order valence-corrected chi connectivity index (χ4v) is 2.23. The molecule has 2 aromatic carbocycles. The summed E-state index contributed by atoms with van der Waals surface area (Å²) in [5, 5.41) is 4.27. The Hall–Kier alpha value is -3.10. The van der Waals surface area contributed by atoms with Gasteiger partial charge in [-0.25, -0.2) is 4.39 Å². The van der Waals surface area contributed by atoms with Crippen molar-refractivity contribution in [3.8, 4) is 5.75 Å². The number of alkyl halides is 3. The van der Waals surface area contributed by atoms with Crippen LogP contribution < -0.4 is 15.4 Å². The fraction of sp³-hybridized carbons (Fsp3) is 0.263. The molecule has 0 radical (unpaired) electrons. The number of anilines is 1. The predicted octanol–water partition coefficient (Wildman–Crippen LogP) is 3.92. The molecular formula is C19H18F4N2O3. The Labute approximate surface area is 158 Å². The Kier molecular flexibility index (Phi) is 7.36. The predicted molar refractivity (Wildman–Crippen MR) is 94.6 cm³/mol. The molecule has 2 rings (SSSR count). The van der Waals surface area contributed by atoms with E-state index in [0.717, 1.165) is 0 Å². The molecule has 9 heteroatoms. The van der Waals surface area contributed by atoms with Crippen molar-refractivity contribution in [2.24, 2.45) is 0 Å². The van der Waals surface area contributed by atoms with Crippen LogP contribution in [-0.2, 0) is 4.79 Å². The van der Waals surface area contributed by atoms with Crippen molar-refractivity contribution in [2.75, 3.05) is 18.5 Å². The van der Waals surface area contributed by atoms with E-state index in [4.69, 9.17) is 4.74 Å². The summed E-state index contributed by atoms with van der Waals surface area (Å²) in [6, 6.07) is 11.2. The van der Waals surface area contributed by atoms with Crippen LogP contribution in [0, 0.1) is 5.82 Å². The van der Waals surface area contributed by atoms with Crippen molar-refractivity contribution in [1.29, 1.82) is 0 Å². The van der Waals surface area contributed by atoms with Crippen LogP contribution in [-0.4, -0.2) is 31.1 Å². The molecule has 0 atom stereocenters. The van der Waals surface area contributed by atoms with Crippen molar-refractivity contribution in [3.63, 3.8) is 0 Å². The molecule has 28 heavy (non-hydrogen) atoms. The van der Waals surface area contributed by atoms with Gasteiger partial charge in [-0.15, -0.1) is 0 Å². The number of hydrogen-bond donors (Lipinski definition) is 2. The van der Waals surface area contributed by atoms with Gasteiger partial charge in [0.1, 0.15) is 18.1 Å². The quantitative estimate of drug-likeness (QED) is 0.523. The highest BCUT2D eigenvalue weighted by Gasteiger charge is 2.28. The van der Waals surface area contributed by atoms with E-state index in [1.54, 1.807) is 11.4 Å². The number of rotatable bonds is 8. The number of ether oxygens (including phenoxy) is 1. The number of amides is 2. The first-order chi connectivity index (χ1) is 13.2. The summed E-state index contributed by atoms with van der Waals surface area (Å²) in [5.41, 5.74) is 0.0503. The number of hydrogen-bond acceptors (Lipinski definition) is 3. The number of para-hydroxylation sites is 1. The van der Waals surface area contributed by atoms with Crippen molar-refractivity contribution in [3.05, 3.63) is 59.9 Å². The van der Waals surface area contributed by atoms with Crippen LogP contribution in [0.25, 0.3) is 0 Å². The van der Waals surface area contributed by atoms with Crippen LogP contribution in [0.2, 0.25) is 0 Å². The summed E-state index contributed by atoms with van der Waals surface area (Å²) < 4.78 is 54.9. The molecule has 0 unspecified atom stereocenters. The topological polar surface area (TPSA) is 67.4 Å². The molecule has 2 aromatic rings. The van der Waals surface area contributed by atoms with Gasteiger partial charge >= 0.3 is 6.18 Å². The molecule has 0 aliphatic heterocycles. The molecule has 0 aromatic heterocycles. The lowest BCUT2D eigenvalue weighted by atomic mass is 10.1. The van der Waals surface area contributed by atoms with Gasteiger partial charge in [0.25, 0.3) is 5.91 Å². The van der Waals surface area contributed by atoms with E-state index >= 15 is 0 Å². The Balaban J connectivity index is 1.83. The first-order valence-corrected chi connectivity index (χ1v) is 8.37. The minimum absolute atomic E-state index is 0.0670. The third kappa shape index (κ3) is 7.26. The Morgan fingerprint density at radius 2 is 1.68 bits per heavy atom. The van der Waals surface area contributed by atoms with Crippen LogP contribution in [0.15, 0.2) is 48.5 Å². The minimum atomic E-state index is -4.53. The molecule has 150 valence electrons. The van der Waals surface area contributed by atoms with E-state index in [2.05, 4.69) is 5.32 Å². The van der Waals surface area contributed by atoms with Crippen molar-refractivity contribution >= 4 is 17.5 Å². The average Bonchev–Trinajstić information content (AvgIpc) is 2.64. The Morgan fingerprint density at radius 1 is 1.00 bits per heavy atom. The lowest BCUT2D eigenvalue weighted by molar-refractivity contribution is -0.123. The summed E-state index contributed by atoms with van der Waals surface area (Å²) in [7, 11) is 0. The second-order valence-electron chi connectivity index (χ2n) is 5.80. The number of benzene rings is 2. The molecule has 0 saturated heterocycles. The summed E-state index contributed by atoms with van der Waals surface area (Å²) in [6.45, 7) is -1.25. The smallest absolute Gasteiger partial charge is 0.405 e. The first-order valence-electron chi connectivity index (χ1n) is 8.37. The van der Waals surface area contributed by atoms with Crippen molar-refractivity contribution in [2.45, 2.75) is 19.0 Å². The molecule has 0 bridgehead atoms. The van der Waals surface area contributed by atoms with Gasteiger partial charge < -0.3 is 15.4 Å². The maximum absolute atomic E-state index is 12.8. The van der Waals surface area contributed by atoms with Gasteiger partial charge in [0.2, 0.25) is 5.91 Å². The largest absolute Gasteiger partial charge is 0.494 e. The Morgan fingerprint density at radius 3 is 2.36 bits per heavy atom. The number of halogens is 4. The highest BCUT2D eigenvalue weighted by Crippen LogP contribution is 2.17. The minimum Gasteiger partial charge on any atom is -0.494 e. The van der Waals surface area contributed by atoms with Gasteiger partial charge in [-0.05, 0) is 42.8 Å². The highest BCUT2D eigenvalue weighted by molar-refractivity contribution is 6.03. The molecule has 0 aliphatic carbocycles. The van der Waals surface area contributed by atoms with Crippen LogP contribution in [0.4, 0.5) is 23.2 Å². The lowest BCUT2D eigenvalue weighted by Gasteiger charge is -2.12. The third-order valence-electron chi connectivity index (χ3n) is 3.53. The molecule has 0 fully saturated rings. The van der Waals surface area contributed by atoms with Gasteiger partial charge in [0.15, 0.2) is 0 Å². The van der Waals surface area contributed by atoms with E-state index in [0.29, 0.717) is 12.2 Å². The molecule has 0 spiro atoms. The number of carbonyl (C=O) groups excluding carboxylic acids is 2. The molecule has 5 nitrogen and oxygen atoms in total. The number of nitrogens with one attached hydrogen (secondary N) is 2. The monoisotopic (exact) mass is 398 g/mol. The molecule has 2 amide bonds. The zero-order valence-electron chi connectivity index (χ0n) is 14.7. The zero-order chi connectivity index (χ0) is 20.6. The van der Waals surface area contributed by atoms with E-state index in [1.807, 2.05) is 0 Å². The molecular weight excluding hydrogens is 380 g/mol. The van der Waals surface area contributed by atoms with E-state index < -0.39 is 24.5 Å². The normalized spacial score (nSPS) is 11.0. The summed E-state index contributed by atoms with van der Waals surface area (Å²) in [6.07, 6.45) is -4.11. The van der Waals surface area contributed by atoms with Gasteiger partial charge in [-0.3, -0.25) is 9.59 Å².